The van der Waals surface area contributed by atoms with Crippen molar-refractivity contribution in [1.82, 2.24) is 20.2 Å². The Balaban J connectivity index is 1.79. The average molecular weight is 375 g/mol. The third kappa shape index (κ3) is 3.99. The summed E-state index contributed by atoms with van der Waals surface area (Å²) in [6, 6.07) is 1.94. The molecule has 1 spiro atoms. The highest BCUT2D eigenvalue weighted by Gasteiger charge is 2.51. The highest BCUT2D eigenvalue weighted by molar-refractivity contribution is 5.91. The highest BCUT2D eigenvalue weighted by Crippen LogP contribution is 2.33. The van der Waals surface area contributed by atoms with Crippen LogP contribution in [0.15, 0.2) is 6.07 Å². The van der Waals surface area contributed by atoms with Crippen LogP contribution in [0.25, 0.3) is 0 Å². The number of carbonyl (C=O) groups is 2. The van der Waals surface area contributed by atoms with E-state index in [1.54, 1.807) is 4.90 Å². The van der Waals surface area contributed by atoms with Gasteiger partial charge in [-0.05, 0) is 53.5 Å². The molecule has 0 unspecified atom stereocenters. The lowest BCUT2D eigenvalue weighted by Crippen LogP contribution is -2.69. The number of hydrogen-bond acceptors (Lipinski definition) is 6. The summed E-state index contributed by atoms with van der Waals surface area (Å²) in [5, 5.41) is 2.92. The number of piperidine rings is 1. The van der Waals surface area contributed by atoms with Crippen molar-refractivity contribution in [3.05, 3.63) is 17.5 Å². The van der Waals surface area contributed by atoms with Gasteiger partial charge in [0, 0.05) is 37.6 Å². The van der Waals surface area contributed by atoms with Crippen LogP contribution >= 0.6 is 0 Å². The molecule has 1 N–H and O–H groups in total. The van der Waals surface area contributed by atoms with Crippen LogP contribution in [-0.2, 0) is 9.53 Å². The molecule has 1 aromatic rings. The van der Waals surface area contributed by atoms with Gasteiger partial charge in [-0.1, -0.05) is 0 Å². The molecule has 0 radical (unpaired) electrons. The van der Waals surface area contributed by atoms with Crippen LogP contribution in [0, 0.1) is 13.8 Å². The Hall–Kier alpha value is -2.38. The number of anilines is 1. The molecule has 2 saturated heterocycles. The fraction of sp³-hybridized carbons (Fsp3) is 0.684. The van der Waals surface area contributed by atoms with Crippen LogP contribution in [0.3, 0.4) is 0 Å². The smallest absolute Gasteiger partial charge is 0.411 e. The van der Waals surface area contributed by atoms with Crippen molar-refractivity contribution in [3.8, 4) is 0 Å². The molecule has 1 aromatic heterocycles. The number of rotatable bonds is 1. The molecule has 8 heteroatoms. The quantitative estimate of drug-likeness (QED) is 0.805. The minimum absolute atomic E-state index is 0.0967. The monoisotopic (exact) mass is 375 g/mol. The predicted octanol–water partition coefficient (Wildman–Crippen LogP) is 1.80. The van der Waals surface area contributed by atoms with E-state index in [9.17, 15) is 9.59 Å². The maximum Gasteiger partial charge on any atom is 0.411 e. The minimum atomic E-state index is -0.865. The number of amides is 2. The van der Waals surface area contributed by atoms with Crippen molar-refractivity contribution in [1.29, 1.82) is 0 Å². The number of aryl methyl sites for hydroxylation is 2. The summed E-state index contributed by atoms with van der Waals surface area (Å²) in [5.41, 5.74) is 0.377. The molecule has 0 aromatic carbocycles. The third-order valence-electron chi connectivity index (χ3n) is 5.02. The number of nitrogens with zero attached hydrogens (tertiary/aromatic N) is 4. The molecule has 148 valence electrons. The van der Waals surface area contributed by atoms with Crippen molar-refractivity contribution in [2.75, 3.05) is 31.1 Å². The Bertz CT molecular complexity index is 715. The molecule has 0 saturated carbocycles. The molecule has 3 heterocycles. The second kappa shape index (κ2) is 6.98. The van der Waals surface area contributed by atoms with Crippen molar-refractivity contribution in [2.24, 2.45) is 0 Å². The van der Waals surface area contributed by atoms with Crippen LogP contribution in [-0.4, -0.2) is 64.2 Å². The van der Waals surface area contributed by atoms with Gasteiger partial charge in [0.1, 0.15) is 11.1 Å². The Kier molecular flexibility index (Phi) is 5.01. The van der Waals surface area contributed by atoms with Crippen LogP contribution < -0.4 is 10.2 Å². The van der Waals surface area contributed by atoms with E-state index >= 15 is 0 Å². The van der Waals surface area contributed by atoms with E-state index < -0.39 is 17.2 Å². The molecule has 2 fully saturated rings. The molecule has 2 amide bonds. The van der Waals surface area contributed by atoms with E-state index in [2.05, 4.69) is 20.2 Å². The van der Waals surface area contributed by atoms with Gasteiger partial charge in [-0.15, -0.1) is 0 Å². The summed E-state index contributed by atoms with van der Waals surface area (Å²) in [4.78, 5) is 38.3. The molecule has 27 heavy (non-hydrogen) atoms. The summed E-state index contributed by atoms with van der Waals surface area (Å²) in [5.74, 6) is 0.586. The van der Waals surface area contributed by atoms with Crippen molar-refractivity contribution < 1.29 is 14.3 Å². The maximum atomic E-state index is 12.8. The SMILES string of the molecule is Cc1cc(C)nc(N2CCC3(CC2)C(=O)NCCN3C(=O)OC(C)(C)C)n1. The lowest BCUT2D eigenvalue weighted by atomic mass is 9.83. The Morgan fingerprint density at radius 3 is 2.30 bits per heavy atom. The Morgan fingerprint density at radius 2 is 1.74 bits per heavy atom. The summed E-state index contributed by atoms with van der Waals surface area (Å²) in [6.07, 6.45) is 0.622. The van der Waals surface area contributed by atoms with Crippen molar-refractivity contribution in [2.45, 2.75) is 58.6 Å². The number of ether oxygens (including phenoxy) is 1. The van der Waals surface area contributed by atoms with Gasteiger partial charge < -0.3 is 15.0 Å². The van der Waals surface area contributed by atoms with Gasteiger partial charge in [0.25, 0.3) is 0 Å². The van der Waals surface area contributed by atoms with Crippen LogP contribution in [0.4, 0.5) is 10.7 Å². The molecule has 2 aliphatic rings. The van der Waals surface area contributed by atoms with Gasteiger partial charge in [-0.25, -0.2) is 14.8 Å². The van der Waals surface area contributed by atoms with E-state index in [-0.39, 0.29) is 5.91 Å². The fourth-order valence-electron chi connectivity index (χ4n) is 3.79. The second-order valence-corrected chi connectivity index (χ2v) is 8.36. The predicted molar refractivity (Wildman–Crippen MR) is 102 cm³/mol. The number of hydrogen-bond donors (Lipinski definition) is 1. The largest absolute Gasteiger partial charge is 0.444 e. The molecule has 8 nitrogen and oxygen atoms in total. The van der Waals surface area contributed by atoms with E-state index in [1.807, 2.05) is 40.7 Å². The van der Waals surface area contributed by atoms with E-state index in [1.165, 1.54) is 0 Å². The normalized spacial score (nSPS) is 19.8. The third-order valence-corrected chi connectivity index (χ3v) is 5.02. The number of piperazine rings is 1. The van der Waals surface area contributed by atoms with Crippen LogP contribution in [0.2, 0.25) is 0 Å². The maximum absolute atomic E-state index is 12.8. The van der Waals surface area contributed by atoms with Crippen LogP contribution in [0.1, 0.15) is 45.0 Å². The molecule has 0 bridgehead atoms. The van der Waals surface area contributed by atoms with E-state index in [0.717, 1.165) is 11.4 Å². The van der Waals surface area contributed by atoms with Gasteiger partial charge >= 0.3 is 6.09 Å². The minimum Gasteiger partial charge on any atom is -0.444 e. The second-order valence-electron chi connectivity index (χ2n) is 8.36. The number of carbonyl (C=O) groups excluding carboxylic acids is 2. The summed E-state index contributed by atoms with van der Waals surface area (Å²) in [6.45, 7) is 11.5. The van der Waals surface area contributed by atoms with E-state index in [0.29, 0.717) is 45.0 Å². The zero-order chi connectivity index (χ0) is 19.8. The van der Waals surface area contributed by atoms with Crippen molar-refractivity contribution >= 4 is 17.9 Å². The summed E-state index contributed by atoms with van der Waals surface area (Å²) >= 11 is 0. The summed E-state index contributed by atoms with van der Waals surface area (Å²) in [7, 11) is 0. The number of nitrogens with one attached hydrogen (secondary N) is 1. The molecule has 0 atom stereocenters. The molecule has 0 aliphatic carbocycles. The van der Waals surface area contributed by atoms with Gasteiger partial charge in [-0.3, -0.25) is 9.69 Å². The fourth-order valence-corrected chi connectivity index (χ4v) is 3.79. The average Bonchev–Trinajstić information content (AvgIpc) is 2.55. The molecule has 3 rings (SSSR count). The lowest BCUT2D eigenvalue weighted by molar-refractivity contribution is -0.138. The molecular formula is C19H29N5O3. The van der Waals surface area contributed by atoms with Crippen molar-refractivity contribution in [3.63, 3.8) is 0 Å². The Morgan fingerprint density at radius 1 is 1.15 bits per heavy atom. The zero-order valence-electron chi connectivity index (χ0n) is 16.8. The topological polar surface area (TPSA) is 87.7 Å². The van der Waals surface area contributed by atoms with Crippen LogP contribution in [0.5, 0.6) is 0 Å². The highest BCUT2D eigenvalue weighted by atomic mass is 16.6. The van der Waals surface area contributed by atoms with Gasteiger partial charge in [0.15, 0.2) is 0 Å². The molecule has 2 aliphatic heterocycles. The zero-order valence-corrected chi connectivity index (χ0v) is 16.8. The first-order valence-electron chi connectivity index (χ1n) is 9.47. The summed E-state index contributed by atoms with van der Waals surface area (Å²) < 4.78 is 5.56. The first-order valence-corrected chi connectivity index (χ1v) is 9.47. The first-order chi connectivity index (χ1) is 12.6. The first kappa shape index (κ1) is 19.4. The van der Waals surface area contributed by atoms with Gasteiger partial charge in [0.05, 0.1) is 0 Å². The standard InChI is InChI=1S/C19H29N5O3/c1-13-12-14(2)22-16(21-13)23-9-6-19(7-10-23)15(25)20-8-11-24(19)17(26)27-18(3,4)5/h12H,6-11H2,1-5H3,(H,20,25). The number of aromatic nitrogens is 2. The van der Waals surface area contributed by atoms with Gasteiger partial charge in [-0.2, -0.15) is 0 Å². The molecular weight excluding hydrogens is 346 g/mol. The lowest BCUT2D eigenvalue weighted by Gasteiger charge is -2.49. The van der Waals surface area contributed by atoms with Gasteiger partial charge in [0.2, 0.25) is 11.9 Å². The van der Waals surface area contributed by atoms with E-state index in [4.69, 9.17) is 4.74 Å². The Labute approximate surface area is 160 Å².